The third-order valence-electron chi connectivity index (χ3n) is 4.39. The topological polar surface area (TPSA) is 146 Å². The van der Waals surface area contributed by atoms with Gasteiger partial charge in [0.1, 0.15) is 0 Å². The van der Waals surface area contributed by atoms with E-state index in [0.29, 0.717) is 29.9 Å². The first kappa shape index (κ1) is 24.6. The van der Waals surface area contributed by atoms with Crippen LogP contribution in [0.4, 0.5) is 11.4 Å². The summed E-state index contributed by atoms with van der Waals surface area (Å²) in [5.41, 5.74) is 13.2. The Balaban J connectivity index is 2.90. The van der Waals surface area contributed by atoms with Gasteiger partial charge in [0.2, 0.25) is 5.91 Å². The second-order valence-corrected chi connectivity index (χ2v) is 6.73. The Morgan fingerprint density at radius 1 is 1.17 bits per heavy atom. The highest BCUT2D eigenvalue weighted by Gasteiger charge is 2.22. The van der Waals surface area contributed by atoms with E-state index in [9.17, 15) is 9.59 Å². The molecule has 162 valence electrons. The molecule has 3 unspecified atom stereocenters. The minimum atomic E-state index is -0.478. The number of carbonyl (C=O) groups is 2. The summed E-state index contributed by atoms with van der Waals surface area (Å²) >= 11 is 0. The predicted octanol–water partition coefficient (Wildman–Crippen LogP) is 0.624. The lowest BCUT2D eigenvalue weighted by atomic mass is 10.1. The molecule has 1 aromatic rings. The van der Waals surface area contributed by atoms with Crippen LogP contribution >= 0.6 is 0 Å². The summed E-state index contributed by atoms with van der Waals surface area (Å²) < 4.78 is 0. The minimum absolute atomic E-state index is 0.167. The number of likely N-dealkylation sites (N-methyl/N-ethyl adjacent to an activating group) is 1. The van der Waals surface area contributed by atoms with Gasteiger partial charge in [0.25, 0.3) is 5.91 Å². The number of amides is 2. The zero-order valence-corrected chi connectivity index (χ0v) is 17.7. The quantitative estimate of drug-likeness (QED) is 0.199. The molecule has 9 nitrogen and oxygen atoms in total. The lowest BCUT2D eigenvalue weighted by Crippen LogP contribution is -2.53. The van der Waals surface area contributed by atoms with Crippen molar-refractivity contribution < 1.29 is 9.59 Å². The number of hydrogen-bond donors (Lipinski definition) is 7. The second-order valence-electron chi connectivity index (χ2n) is 6.73. The average molecular weight is 406 g/mol. The number of hydrogen-bond acceptors (Lipinski definition) is 7. The Hall–Kier alpha value is -2.46. The number of nitrogens with one attached hydrogen (secondary N) is 5. The minimum Gasteiger partial charge on any atom is -0.404 e. The van der Waals surface area contributed by atoms with Gasteiger partial charge in [-0.3, -0.25) is 20.2 Å². The van der Waals surface area contributed by atoms with Crippen LogP contribution in [0.25, 0.3) is 0 Å². The van der Waals surface area contributed by atoms with Gasteiger partial charge in [0.15, 0.2) is 0 Å². The molecule has 9 heteroatoms. The van der Waals surface area contributed by atoms with E-state index in [1.807, 2.05) is 13.8 Å². The molecule has 9 N–H and O–H groups in total. The lowest BCUT2D eigenvalue weighted by Gasteiger charge is -2.25. The van der Waals surface area contributed by atoms with Crippen molar-refractivity contribution >= 4 is 23.2 Å². The van der Waals surface area contributed by atoms with Crippen molar-refractivity contribution in [3.8, 4) is 0 Å². The molecule has 0 saturated carbocycles. The number of benzene rings is 1. The Morgan fingerprint density at radius 3 is 2.38 bits per heavy atom. The van der Waals surface area contributed by atoms with Crippen molar-refractivity contribution in [1.82, 2.24) is 16.0 Å². The van der Waals surface area contributed by atoms with Crippen LogP contribution in [0, 0.1) is 0 Å². The van der Waals surface area contributed by atoms with Gasteiger partial charge in [0, 0.05) is 17.6 Å². The Morgan fingerprint density at radius 2 is 1.83 bits per heavy atom. The average Bonchev–Trinajstić information content (AvgIpc) is 2.71. The molecule has 0 aliphatic heterocycles. The zero-order chi connectivity index (χ0) is 21.8. The molecule has 1 rings (SSSR count). The highest BCUT2D eigenvalue weighted by molar-refractivity contribution is 6.05. The zero-order valence-electron chi connectivity index (χ0n) is 17.7. The van der Waals surface area contributed by atoms with Crippen LogP contribution in [0.1, 0.15) is 33.6 Å². The largest absolute Gasteiger partial charge is 0.404 e. The summed E-state index contributed by atoms with van der Waals surface area (Å²) in [6, 6.07) is 6.59. The highest BCUT2D eigenvalue weighted by atomic mass is 16.2. The van der Waals surface area contributed by atoms with Crippen molar-refractivity contribution in [2.45, 2.75) is 52.0 Å². The molecule has 0 saturated heterocycles. The van der Waals surface area contributed by atoms with Crippen molar-refractivity contribution in [3.63, 3.8) is 0 Å². The molecule has 29 heavy (non-hydrogen) atoms. The van der Waals surface area contributed by atoms with E-state index in [-0.39, 0.29) is 24.0 Å². The summed E-state index contributed by atoms with van der Waals surface area (Å²) in [7, 11) is 1.71. The molecular formula is C20H35N7O2. The van der Waals surface area contributed by atoms with Gasteiger partial charge in [-0.1, -0.05) is 19.9 Å². The van der Waals surface area contributed by atoms with E-state index in [4.69, 9.17) is 11.5 Å². The second kappa shape index (κ2) is 12.9. The third kappa shape index (κ3) is 8.20. The van der Waals surface area contributed by atoms with E-state index < -0.39 is 6.17 Å². The van der Waals surface area contributed by atoms with Crippen molar-refractivity contribution in [2.24, 2.45) is 11.5 Å². The van der Waals surface area contributed by atoms with Gasteiger partial charge < -0.3 is 27.4 Å². The lowest BCUT2D eigenvalue weighted by molar-refractivity contribution is -0.117. The first-order valence-corrected chi connectivity index (χ1v) is 9.92. The standard InChI is InChI=1S/C20H35N7O2/c1-5-10-24-18(27-17(22)6-2)16(12-21)20(29)26-15-9-7-8-14(11-15)25-19(28)13(3)23-4/h7-9,11-13,17-18,23-24,27H,5-6,10,21-22H2,1-4H3,(H,25,28)(H,26,29)/b16-12+. The molecule has 1 aromatic carbocycles. The first-order chi connectivity index (χ1) is 13.9. The maximum Gasteiger partial charge on any atom is 0.256 e. The number of carbonyl (C=O) groups excluding carboxylic acids is 2. The van der Waals surface area contributed by atoms with Gasteiger partial charge >= 0.3 is 0 Å². The van der Waals surface area contributed by atoms with E-state index in [2.05, 4.69) is 26.6 Å². The normalized spacial score (nSPS) is 14.7. The summed E-state index contributed by atoms with van der Waals surface area (Å²) in [6.45, 7) is 6.44. The van der Waals surface area contributed by atoms with Crippen LogP contribution in [-0.4, -0.2) is 43.8 Å². The van der Waals surface area contributed by atoms with Gasteiger partial charge in [-0.15, -0.1) is 0 Å². The molecule has 0 radical (unpaired) electrons. The molecule has 0 fully saturated rings. The Labute approximate surface area is 173 Å². The fourth-order valence-electron chi connectivity index (χ4n) is 2.44. The van der Waals surface area contributed by atoms with E-state index in [1.54, 1.807) is 38.2 Å². The van der Waals surface area contributed by atoms with E-state index >= 15 is 0 Å². The SMILES string of the molecule is CCCNC(NC(N)CC)/C(=C\N)C(=O)Nc1cccc(NC(=O)C(C)NC)c1. The molecule has 0 bridgehead atoms. The van der Waals surface area contributed by atoms with Crippen LogP contribution in [0.15, 0.2) is 36.0 Å². The van der Waals surface area contributed by atoms with Crippen molar-refractivity contribution in [2.75, 3.05) is 24.2 Å². The fourth-order valence-corrected chi connectivity index (χ4v) is 2.44. The van der Waals surface area contributed by atoms with Gasteiger partial charge in [-0.25, -0.2) is 0 Å². The number of nitrogens with two attached hydrogens (primary N) is 2. The first-order valence-electron chi connectivity index (χ1n) is 9.92. The van der Waals surface area contributed by atoms with Crippen molar-refractivity contribution in [1.29, 1.82) is 0 Å². The molecule has 0 aliphatic carbocycles. The summed E-state index contributed by atoms with van der Waals surface area (Å²) in [4.78, 5) is 24.9. The van der Waals surface area contributed by atoms with Crippen LogP contribution in [0.3, 0.4) is 0 Å². The smallest absolute Gasteiger partial charge is 0.256 e. The van der Waals surface area contributed by atoms with Gasteiger partial charge in [-0.2, -0.15) is 0 Å². The van der Waals surface area contributed by atoms with Crippen LogP contribution in [0.5, 0.6) is 0 Å². The predicted molar refractivity (Wildman–Crippen MR) is 118 cm³/mol. The highest BCUT2D eigenvalue weighted by Crippen LogP contribution is 2.16. The monoisotopic (exact) mass is 405 g/mol. The summed E-state index contributed by atoms with van der Waals surface area (Å²) in [6.07, 6.45) is 2.12. The molecule has 0 aliphatic rings. The number of rotatable bonds is 12. The summed E-state index contributed by atoms with van der Waals surface area (Å²) in [5.74, 6) is -0.524. The van der Waals surface area contributed by atoms with E-state index in [1.165, 1.54) is 6.20 Å². The fraction of sp³-hybridized carbons (Fsp3) is 0.500. The maximum atomic E-state index is 12.8. The van der Waals surface area contributed by atoms with Crippen LogP contribution in [-0.2, 0) is 9.59 Å². The van der Waals surface area contributed by atoms with Crippen LogP contribution < -0.4 is 38.1 Å². The van der Waals surface area contributed by atoms with E-state index in [0.717, 1.165) is 6.42 Å². The molecule has 0 spiro atoms. The molecule has 0 heterocycles. The Kier molecular flexibility index (Phi) is 10.9. The molecular weight excluding hydrogens is 370 g/mol. The number of anilines is 2. The molecule has 2 amide bonds. The van der Waals surface area contributed by atoms with Gasteiger partial charge in [0.05, 0.1) is 23.9 Å². The van der Waals surface area contributed by atoms with Gasteiger partial charge in [-0.05, 0) is 51.6 Å². The molecule has 3 atom stereocenters. The van der Waals surface area contributed by atoms with Crippen LogP contribution in [0.2, 0.25) is 0 Å². The Bertz CT molecular complexity index is 693. The molecule has 0 aromatic heterocycles. The maximum absolute atomic E-state index is 12.8. The summed E-state index contributed by atoms with van der Waals surface area (Å²) in [5, 5.41) is 14.9. The van der Waals surface area contributed by atoms with Crippen molar-refractivity contribution in [3.05, 3.63) is 36.0 Å². The third-order valence-corrected chi connectivity index (χ3v) is 4.39.